The summed E-state index contributed by atoms with van der Waals surface area (Å²) in [7, 11) is 0. The van der Waals surface area contributed by atoms with Crippen molar-refractivity contribution >= 4 is 23.3 Å². The molecule has 1 saturated heterocycles. The number of amides is 3. The van der Waals surface area contributed by atoms with Crippen molar-refractivity contribution in [3.63, 3.8) is 0 Å². The number of aromatic nitrogens is 1. The van der Waals surface area contributed by atoms with Crippen LogP contribution in [0.3, 0.4) is 0 Å². The number of hydrogen-bond acceptors (Lipinski definition) is 4. The number of thiazole rings is 1. The second-order valence-corrected chi connectivity index (χ2v) is 4.20. The zero-order chi connectivity index (χ0) is 10.8. The molecule has 80 valence electrons. The van der Waals surface area contributed by atoms with E-state index < -0.39 is 0 Å². The van der Waals surface area contributed by atoms with E-state index in [-0.39, 0.29) is 24.5 Å². The second kappa shape index (κ2) is 3.98. The van der Waals surface area contributed by atoms with E-state index in [1.807, 2.05) is 12.3 Å². The first kappa shape index (κ1) is 10.1. The maximum atomic E-state index is 11.5. The topological polar surface area (TPSA) is 62.3 Å². The Labute approximate surface area is 91.1 Å². The second-order valence-electron chi connectivity index (χ2n) is 3.28. The van der Waals surface area contributed by atoms with Crippen molar-refractivity contribution in [3.05, 3.63) is 16.6 Å². The van der Waals surface area contributed by atoms with Gasteiger partial charge in [-0.15, -0.1) is 11.3 Å². The molecule has 1 unspecified atom stereocenters. The van der Waals surface area contributed by atoms with Crippen LogP contribution in [-0.2, 0) is 4.79 Å². The minimum absolute atomic E-state index is 0.0866. The lowest BCUT2D eigenvalue weighted by molar-refractivity contribution is -0.118. The molecule has 0 saturated carbocycles. The highest BCUT2D eigenvalue weighted by atomic mass is 32.1. The molecule has 2 heterocycles. The summed E-state index contributed by atoms with van der Waals surface area (Å²) in [4.78, 5) is 28.2. The van der Waals surface area contributed by atoms with Gasteiger partial charge in [-0.25, -0.2) is 9.78 Å². The van der Waals surface area contributed by atoms with Crippen LogP contribution < -0.4 is 5.32 Å². The first-order valence-corrected chi connectivity index (χ1v) is 5.60. The molecule has 0 aliphatic carbocycles. The smallest absolute Gasteiger partial charge is 0.306 e. The molecule has 0 spiro atoms. The van der Waals surface area contributed by atoms with Crippen LogP contribution in [0.2, 0.25) is 0 Å². The Kier molecular flexibility index (Phi) is 2.68. The van der Waals surface area contributed by atoms with E-state index >= 15 is 0 Å². The summed E-state index contributed by atoms with van der Waals surface area (Å²) in [5.41, 5.74) is 0. The van der Waals surface area contributed by atoms with Gasteiger partial charge in [0.2, 0.25) is 5.91 Å². The third kappa shape index (κ3) is 1.85. The molecule has 5 nitrogen and oxygen atoms in total. The van der Waals surface area contributed by atoms with E-state index in [1.54, 1.807) is 6.20 Å². The fourth-order valence-electron chi connectivity index (χ4n) is 1.64. The average Bonchev–Trinajstić information content (AvgIpc) is 2.79. The van der Waals surface area contributed by atoms with Crippen molar-refractivity contribution in [2.45, 2.75) is 19.4 Å². The van der Waals surface area contributed by atoms with Crippen molar-refractivity contribution in [2.24, 2.45) is 0 Å². The minimum atomic E-state index is -0.318. The summed E-state index contributed by atoms with van der Waals surface area (Å²) in [5.74, 6) is -0.241. The van der Waals surface area contributed by atoms with Gasteiger partial charge in [0.15, 0.2) is 0 Å². The third-order valence-corrected chi connectivity index (χ3v) is 3.20. The van der Waals surface area contributed by atoms with E-state index in [2.05, 4.69) is 10.3 Å². The minimum Gasteiger partial charge on any atom is -0.306 e. The fourth-order valence-corrected chi connectivity index (χ4v) is 2.47. The predicted octanol–water partition coefficient (Wildman–Crippen LogP) is 1.15. The zero-order valence-electron chi connectivity index (χ0n) is 8.27. The lowest BCUT2D eigenvalue weighted by Crippen LogP contribution is -2.31. The molecular weight excluding hydrogens is 214 g/mol. The van der Waals surface area contributed by atoms with E-state index in [0.29, 0.717) is 0 Å². The quantitative estimate of drug-likeness (QED) is 0.785. The Hall–Kier alpha value is -1.43. The number of carbonyl (C=O) groups is 2. The third-order valence-electron chi connectivity index (χ3n) is 2.32. The van der Waals surface area contributed by atoms with Crippen LogP contribution in [0.15, 0.2) is 11.6 Å². The van der Waals surface area contributed by atoms with Crippen LogP contribution in [0, 0.1) is 0 Å². The Morgan fingerprint density at radius 2 is 2.47 bits per heavy atom. The first-order chi connectivity index (χ1) is 7.22. The van der Waals surface area contributed by atoms with Gasteiger partial charge in [0.05, 0.1) is 6.04 Å². The number of carbonyl (C=O) groups excluding carboxylic acids is 2. The fraction of sp³-hybridized carbons (Fsp3) is 0.444. The highest BCUT2D eigenvalue weighted by Gasteiger charge is 2.33. The summed E-state index contributed by atoms with van der Waals surface area (Å²) in [5, 5.41) is 5.01. The Morgan fingerprint density at radius 1 is 1.67 bits per heavy atom. The molecule has 0 radical (unpaired) electrons. The molecular formula is C9H11N3O2S. The van der Waals surface area contributed by atoms with Crippen molar-refractivity contribution in [1.82, 2.24) is 15.2 Å². The normalized spacial score (nSPS) is 18.1. The standard InChI is InChI=1S/C9H11N3O2S/c1-2-6(8-10-3-4-15-8)12-5-7(13)11-9(12)14/h3-4,6H,2,5H2,1H3,(H,11,13,14). The summed E-state index contributed by atoms with van der Waals surface area (Å²) < 4.78 is 0. The van der Waals surface area contributed by atoms with Crippen LogP contribution in [-0.4, -0.2) is 28.4 Å². The largest absolute Gasteiger partial charge is 0.325 e. The van der Waals surface area contributed by atoms with E-state index in [1.165, 1.54) is 16.2 Å². The first-order valence-electron chi connectivity index (χ1n) is 4.72. The zero-order valence-corrected chi connectivity index (χ0v) is 9.08. The van der Waals surface area contributed by atoms with Gasteiger partial charge in [-0.05, 0) is 6.42 Å². The van der Waals surface area contributed by atoms with Crippen LogP contribution in [0.25, 0.3) is 0 Å². The number of nitrogens with zero attached hydrogens (tertiary/aromatic N) is 2. The molecule has 15 heavy (non-hydrogen) atoms. The highest BCUT2D eigenvalue weighted by Crippen LogP contribution is 2.26. The van der Waals surface area contributed by atoms with Crippen LogP contribution in [0.4, 0.5) is 4.79 Å². The number of rotatable bonds is 3. The monoisotopic (exact) mass is 225 g/mol. The number of imide groups is 1. The molecule has 1 atom stereocenters. The predicted molar refractivity (Wildman–Crippen MR) is 55.4 cm³/mol. The summed E-state index contributed by atoms with van der Waals surface area (Å²) in [6, 6.07) is -0.404. The lowest BCUT2D eigenvalue weighted by atomic mass is 10.2. The molecule has 1 N–H and O–H groups in total. The summed E-state index contributed by atoms with van der Waals surface area (Å²) in [6.45, 7) is 2.11. The van der Waals surface area contributed by atoms with Crippen molar-refractivity contribution in [3.8, 4) is 0 Å². The van der Waals surface area contributed by atoms with Crippen LogP contribution >= 0.6 is 11.3 Å². The Bertz CT molecular complexity index is 377. The van der Waals surface area contributed by atoms with E-state index in [9.17, 15) is 9.59 Å². The molecule has 0 aromatic carbocycles. The van der Waals surface area contributed by atoms with Crippen molar-refractivity contribution in [1.29, 1.82) is 0 Å². The van der Waals surface area contributed by atoms with Gasteiger partial charge in [-0.1, -0.05) is 6.92 Å². The maximum absolute atomic E-state index is 11.5. The molecule has 1 fully saturated rings. The van der Waals surface area contributed by atoms with Gasteiger partial charge in [-0.3, -0.25) is 10.1 Å². The van der Waals surface area contributed by atoms with Crippen molar-refractivity contribution in [2.75, 3.05) is 6.54 Å². The highest BCUT2D eigenvalue weighted by molar-refractivity contribution is 7.09. The molecule has 1 aromatic rings. The Balaban J connectivity index is 2.21. The average molecular weight is 225 g/mol. The van der Waals surface area contributed by atoms with Gasteiger partial charge >= 0.3 is 6.03 Å². The maximum Gasteiger partial charge on any atom is 0.325 e. The van der Waals surface area contributed by atoms with Gasteiger partial charge in [0, 0.05) is 11.6 Å². The SMILES string of the molecule is CCC(c1nccs1)N1CC(=O)NC1=O. The molecule has 0 bridgehead atoms. The summed E-state index contributed by atoms with van der Waals surface area (Å²) in [6.07, 6.45) is 2.46. The van der Waals surface area contributed by atoms with Crippen molar-refractivity contribution < 1.29 is 9.59 Å². The summed E-state index contributed by atoms with van der Waals surface area (Å²) >= 11 is 1.50. The van der Waals surface area contributed by atoms with Gasteiger partial charge in [0.25, 0.3) is 0 Å². The van der Waals surface area contributed by atoms with E-state index in [4.69, 9.17) is 0 Å². The molecule has 3 amide bonds. The van der Waals surface area contributed by atoms with Gasteiger partial charge in [0.1, 0.15) is 11.6 Å². The molecule has 6 heteroatoms. The molecule has 2 rings (SSSR count). The number of hydrogen-bond donors (Lipinski definition) is 1. The van der Waals surface area contributed by atoms with E-state index in [0.717, 1.165) is 11.4 Å². The van der Waals surface area contributed by atoms with Gasteiger partial charge < -0.3 is 4.90 Å². The number of urea groups is 1. The molecule has 1 aliphatic rings. The molecule has 1 aliphatic heterocycles. The number of nitrogens with one attached hydrogen (secondary N) is 1. The van der Waals surface area contributed by atoms with Crippen LogP contribution in [0.1, 0.15) is 24.4 Å². The lowest BCUT2D eigenvalue weighted by Gasteiger charge is -2.22. The van der Waals surface area contributed by atoms with Gasteiger partial charge in [-0.2, -0.15) is 0 Å². The molecule has 1 aromatic heterocycles. The van der Waals surface area contributed by atoms with Crippen LogP contribution in [0.5, 0.6) is 0 Å². The Morgan fingerprint density at radius 3 is 2.93 bits per heavy atom.